The van der Waals surface area contributed by atoms with Gasteiger partial charge in [0.25, 0.3) is 0 Å². The van der Waals surface area contributed by atoms with Gasteiger partial charge < -0.3 is 9.88 Å². The van der Waals surface area contributed by atoms with Crippen molar-refractivity contribution in [1.82, 2.24) is 9.88 Å². The van der Waals surface area contributed by atoms with Crippen LogP contribution in [-0.4, -0.2) is 16.2 Å². The van der Waals surface area contributed by atoms with Gasteiger partial charge in [-0.05, 0) is 42.0 Å². The van der Waals surface area contributed by atoms with Crippen LogP contribution in [0.25, 0.3) is 67.8 Å². The van der Waals surface area contributed by atoms with Crippen molar-refractivity contribution in [2.75, 3.05) is 0 Å². The van der Waals surface area contributed by atoms with Gasteiger partial charge in [0, 0.05) is 62.2 Å². The maximum absolute atomic E-state index is 5.25. The maximum atomic E-state index is 5.25. The van der Waals surface area contributed by atoms with E-state index in [1.54, 1.807) is 0 Å². The molecule has 0 radical (unpaired) electrons. The Labute approximate surface area is 301 Å². The minimum Gasteiger partial charge on any atom is -0.344 e. The molecular weight excluding hydrogens is 661 g/mol. The number of fused-ring (bicyclic) bond motifs is 10. The fraction of sp³-hybridized carbons (Fsp3) is 0.0222. The van der Waals surface area contributed by atoms with E-state index in [9.17, 15) is 0 Å². The number of nitrogens with zero attached hydrogens (tertiary/aromatic N) is 3. The van der Waals surface area contributed by atoms with Crippen molar-refractivity contribution < 1.29 is 0 Å². The molecule has 0 spiro atoms. The van der Waals surface area contributed by atoms with Gasteiger partial charge in [-0.15, -0.1) is 22.7 Å². The zero-order chi connectivity index (χ0) is 33.5. The third-order valence-electron chi connectivity index (χ3n) is 10.1. The van der Waals surface area contributed by atoms with E-state index < -0.39 is 0 Å². The van der Waals surface area contributed by atoms with Crippen LogP contribution in [0.3, 0.4) is 0 Å². The molecule has 0 fully saturated rings. The van der Waals surface area contributed by atoms with E-state index in [0.29, 0.717) is 0 Å². The van der Waals surface area contributed by atoms with Gasteiger partial charge in [0.2, 0.25) is 0 Å². The van der Waals surface area contributed by atoms with E-state index in [2.05, 4.69) is 155 Å². The summed E-state index contributed by atoms with van der Waals surface area (Å²) in [6.45, 7) is 0. The molecule has 1 unspecified atom stereocenters. The van der Waals surface area contributed by atoms with Gasteiger partial charge in [-0.2, -0.15) is 0 Å². The average Bonchev–Trinajstić information content (AvgIpc) is 3.88. The predicted octanol–water partition coefficient (Wildman–Crippen LogP) is 12.0. The maximum Gasteiger partial charge on any atom is 0.160 e. The molecule has 4 nitrogen and oxygen atoms in total. The van der Waals surface area contributed by atoms with Gasteiger partial charge in [-0.25, -0.2) is 9.98 Å². The molecule has 0 bridgehead atoms. The summed E-state index contributed by atoms with van der Waals surface area (Å²) in [4.78, 5) is 10.4. The summed E-state index contributed by atoms with van der Waals surface area (Å²) < 4.78 is 7.56. The Kier molecular flexibility index (Phi) is 6.32. The molecule has 3 aromatic heterocycles. The van der Waals surface area contributed by atoms with Gasteiger partial charge in [0.15, 0.2) is 5.84 Å². The fourth-order valence-electron chi connectivity index (χ4n) is 7.80. The fourth-order valence-corrected chi connectivity index (χ4v) is 10.4. The number of para-hydroxylation sites is 2. The summed E-state index contributed by atoms with van der Waals surface area (Å²) in [5.74, 6) is 1.57. The quantitative estimate of drug-likeness (QED) is 0.196. The number of hydrogen-bond acceptors (Lipinski definition) is 5. The van der Waals surface area contributed by atoms with Crippen molar-refractivity contribution in [2.45, 2.75) is 6.17 Å². The first-order valence-corrected chi connectivity index (χ1v) is 18.8. The summed E-state index contributed by atoms with van der Waals surface area (Å²) in [5, 5.41) is 11.3. The van der Waals surface area contributed by atoms with Gasteiger partial charge >= 0.3 is 0 Å². The lowest BCUT2D eigenvalue weighted by Gasteiger charge is -2.23. The second-order valence-corrected chi connectivity index (χ2v) is 15.1. The molecule has 1 atom stereocenters. The molecule has 0 aliphatic carbocycles. The average molecular weight is 689 g/mol. The Balaban J connectivity index is 1.18. The van der Waals surface area contributed by atoms with Gasteiger partial charge in [-0.3, -0.25) is 0 Å². The van der Waals surface area contributed by atoms with Crippen LogP contribution in [0.2, 0.25) is 0 Å². The Hall–Kier alpha value is -6.08. The molecule has 0 amide bonds. The first-order valence-electron chi connectivity index (χ1n) is 17.1. The highest BCUT2D eigenvalue weighted by Gasteiger charge is 2.24. The summed E-state index contributed by atoms with van der Waals surface area (Å²) in [6.07, 6.45) is -0.250. The minimum atomic E-state index is -0.250. The number of benzene rings is 7. The van der Waals surface area contributed by atoms with Crippen LogP contribution in [0.4, 0.5) is 0 Å². The number of hydrogen-bond donors (Lipinski definition) is 1. The third kappa shape index (κ3) is 4.37. The van der Waals surface area contributed by atoms with E-state index in [-0.39, 0.29) is 6.17 Å². The van der Waals surface area contributed by atoms with Crippen molar-refractivity contribution in [3.05, 3.63) is 174 Å². The van der Waals surface area contributed by atoms with Crippen LogP contribution >= 0.6 is 22.7 Å². The number of rotatable bonds is 4. The molecule has 1 aliphatic heterocycles. The van der Waals surface area contributed by atoms with Crippen LogP contribution in [0.15, 0.2) is 168 Å². The number of aliphatic imine (C=N–C) groups is 2. The van der Waals surface area contributed by atoms with Crippen LogP contribution in [0.1, 0.15) is 22.9 Å². The molecular formula is C45H28N4S2. The van der Waals surface area contributed by atoms with Crippen molar-refractivity contribution in [2.24, 2.45) is 9.98 Å². The van der Waals surface area contributed by atoms with E-state index in [1.165, 1.54) is 67.8 Å². The van der Waals surface area contributed by atoms with Gasteiger partial charge in [0.1, 0.15) is 12.0 Å². The first kappa shape index (κ1) is 28.7. The molecule has 51 heavy (non-hydrogen) atoms. The van der Waals surface area contributed by atoms with Gasteiger partial charge in [-0.1, -0.05) is 121 Å². The lowest BCUT2D eigenvalue weighted by molar-refractivity contribution is 0.674. The van der Waals surface area contributed by atoms with Crippen LogP contribution < -0.4 is 5.32 Å². The predicted molar refractivity (Wildman–Crippen MR) is 218 cm³/mol. The molecule has 240 valence electrons. The summed E-state index contributed by atoms with van der Waals surface area (Å²) in [5.41, 5.74) is 6.86. The Morgan fingerprint density at radius 3 is 1.94 bits per heavy atom. The summed E-state index contributed by atoms with van der Waals surface area (Å²) >= 11 is 3.74. The first-order chi connectivity index (χ1) is 25.3. The van der Waals surface area contributed by atoms with Crippen molar-refractivity contribution in [3.63, 3.8) is 0 Å². The lowest BCUT2D eigenvalue weighted by Crippen LogP contribution is -2.33. The number of aromatic nitrogens is 1. The monoisotopic (exact) mass is 688 g/mol. The molecule has 4 heterocycles. The smallest absolute Gasteiger partial charge is 0.160 e. The molecule has 11 rings (SSSR count). The SMILES string of the molecule is c1ccc(C2=NC(c3cccc4c3sc3c4ccc4sc5cccc(-n6c7ccccc7c7ccccc76)c5c43)=NC(c3ccccc3)N2)cc1. The molecule has 10 aromatic rings. The normalized spacial score (nSPS) is 14.9. The second-order valence-electron chi connectivity index (χ2n) is 13.0. The number of amidine groups is 2. The topological polar surface area (TPSA) is 41.7 Å². The molecule has 6 heteroatoms. The van der Waals surface area contributed by atoms with E-state index >= 15 is 0 Å². The minimum absolute atomic E-state index is 0.250. The molecule has 1 N–H and O–H groups in total. The van der Waals surface area contributed by atoms with Crippen LogP contribution in [0.5, 0.6) is 0 Å². The van der Waals surface area contributed by atoms with Gasteiger partial charge in [0.05, 0.1) is 16.7 Å². The molecule has 0 saturated carbocycles. The highest BCUT2D eigenvalue weighted by atomic mass is 32.1. The highest BCUT2D eigenvalue weighted by molar-refractivity contribution is 7.30. The van der Waals surface area contributed by atoms with Crippen molar-refractivity contribution in [1.29, 1.82) is 0 Å². The molecule has 1 aliphatic rings. The molecule has 0 saturated heterocycles. The standard InChI is InChI=1S/C45H28N4S2/c1-3-13-27(14-4-1)43-46-44(28-15-5-2-6-16-28)48-45(47-43)33-20-11-19-31-32-25-26-38-40(42(32)51-41(31)33)39-36(23-12-24-37(39)50-38)49-34-21-9-7-17-29(34)30-18-8-10-22-35(30)49/h1-26,43H,(H,46,47,48). The Morgan fingerprint density at radius 2 is 1.16 bits per heavy atom. The van der Waals surface area contributed by atoms with E-state index in [0.717, 1.165) is 28.4 Å². The highest BCUT2D eigenvalue weighted by Crippen LogP contribution is 2.48. The van der Waals surface area contributed by atoms with Crippen LogP contribution in [0, 0.1) is 0 Å². The Morgan fingerprint density at radius 1 is 0.510 bits per heavy atom. The van der Waals surface area contributed by atoms with E-state index in [4.69, 9.17) is 9.98 Å². The number of thiophene rings is 2. The summed E-state index contributed by atoms with van der Waals surface area (Å²) in [6, 6.07) is 56.3. The zero-order valence-electron chi connectivity index (χ0n) is 27.2. The lowest BCUT2D eigenvalue weighted by atomic mass is 10.0. The largest absolute Gasteiger partial charge is 0.344 e. The second kappa shape index (κ2) is 11.2. The van der Waals surface area contributed by atoms with Crippen molar-refractivity contribution in [3.8, 4) is 5.69 Å². The Bertz CT molecular complexity index is 3000. The van der Waals surface area contributed by atoms with Crippen LogP contribution in [-0.2, 0) is 0 Å². The number of nitrogens with one attached hydrogen (secondary N) is 1. The molecule has 7 aromatic carbocycles. The summed E-state index contributed by atoms with van der Waals surface area (Å²) in [7, 11) is 0. The third-order valence-corrected chi connectivity index (χ3v) is 12.5. The van der Waals surface area contributed by atoms with E-state index in [1.807, 2.05) is 34.8 Å². The zero-order valence-corrected chi connectivity index (χ0v) is 28.9. The van der Waals surface area contributed by atoms with Crippen molar-refractivity contribution >= 4 is 96.5 Å².